The fourth-order valence-corrected chi connectivity index (χ4v) is 4.51. The van der Waals surface area contributed by atoms with Crippen LogP contribution in [0.25, 0.3) is 0 Å². The van der Waals surface area contributed by atoms with Crippen LogP contribution in [0.2, 0.25) is 0 Å². The van der Waals surface area contributed by atoms with Crippen LogP contribution in [0.5, 0.6) is 0 Å². The van der Waals surface area contributed by atoms with Crippen molar-refractivity contribution in [2.24, 2.45) is 5.41 Å². The maximum absolute atomic E-state index is 12.5. The third-order valence-corrected chi connectivity index (χ3v) is 6.27. The van der Waals surface area contributed by atoms with Gasteiger partial charge in [-0.15, -0.1) is 0 Å². The number of nitrogens with one attached hydrogen (secondary N) is 1. The highest BCUT2D eigenvalue weighted by atomic mass is 32.2. The summed E-state index contributed by atoms with van der Waals surface area (Å²) in [5.41, 5.74) is -0.0280. The fourth-order valence-electron chi connectivity index (χ4n) is 3.05. The molecule has 0 unspecified atom stereocenters. The summed E-state index contributed by atoms with van der Waals surface area (Å²) in [4.78, 5) is 11.7. The lowest BCUT2D eigenvalue weighted by Crippen LogP contribution is -2.43. The van der Waals surface area contributed by atoms with Gasteiger partial charge in [-0.2, -0.15) is 4.31 Å². The van der Waals surface area contributed by atoms with Crippen molar-refractivity contribution in [1.29, 1.82) is 0 Å². The lowest BCUT2D eigenvalue weighted by atomic mass is 9.78. The molecule has 6 heteroatoms. The maximum Gasteiger partial charge on any atom is 0.243 e. The maximum atomic E-state index is 12.5. The van der Waals surface area contributed by atoms with E-state index in [9.17, 15) is 13.2 Å². The number of benzene rings is 1. The molecule has 1 aromatic carbocycles. The fraction of sp³-hybridized carbons (Fsp3) is 0.500. The SMILES string of the molecule is O=C1CC2(CCN(S(=O)(=O)c3ccccc3)CC2)CN1. The number of rotatable bonds is 2. The third kappa shape index (κ3) is 2.33. The van der Waals surface area contributed by atoms with Crippen LogP contribution >= 0.6 is 0 Å². The van der Waals surface area contributed by atoms with Crippen molar-refractivity contribution in [2.45, 2.75) is 24.2 Å². The Hall–Kier alpha value is -1.40. The molecule has 0 atom stereocenters. The topological polar surface area (TPSA) is 66.5 Å². The highest BCUT2D eigenvalue weighted by Crippen LogP contribution is 2.38. The Bertz CT molecular complexity index is 605. The van der Waals surface area contributed by atoms with E-state index in [1.165, 1.54) is 4.31 Å². The van der Waals surface area contributed by atoms with Crippen LogP contribution in [-0.4, -0.2) is 38.3 Å². The molecule has 0 aliphatic carbocycles. The smallest absolute Gasteiger partial charge is 0.243 e. The van der Waals surface area contributed by atoms with Crippen molar-refractivity contribution in [2.75, 3.05) is 19.6 Å². The van der Waals surface area contributed by atoms with Gasteiger partial charge in [0.2, 0.25) is 15.9 Å². The standard InChI is InChI=1S/C14H18N2O3S/c17-13-10-14(11-15-13)6-8-16(9-7-14)20(18,19)12-4-2-1-3-5-12/h1-5H,6-11H2,(H,15,17). The van der Waals surface area contributed by atoms with Crippen molar-refractivity contribution < 1.29 is 13.2 Å². The molecule has 1 N–H and O–H groups in total. The molecule has 0 bridgehead atoms. The Morgan fingerprint density at radius 1 is 1.10 bits per heavy atom. The molecule has 0 saturated carbocycles. The van der Waals surface area contributed by atoms with Gasteiger partial charge in [-0.1, -0.05) is 18.2 Å². The van der Waals surface area contributed by atoms with Crippen molar-refractivity contribution in [3.8, 4) is 0 Å². The molecule has 2 fully saturated rings. The molecule has 2 heterocycles. The quantitative estimate of drug-likeness (QED) is 0.884. The van der Waals surface area contributed by atoms with E-state index in [1.807, 2.05) is 0 Å². The Morgan fingerprint density at radius 3 is 2.30 bits per heavy atom. The van der Waals surface area contributed by atoms with Gasteiger partial charge in [0.05, 0.1) is 4.90 Å². The highest BCUT2D eigenvalue weighted by molar-refractivity contribution is 7.89. The molecule has 0 aromatic heterocycles. The monoisotopic (exact) mass is 294 g/mol. The Balaban J connectivity index is 1.74. The number of hydrogen-bond donors (Lipinski definition) is 1. The highest BCUT2D eigenvalue weighted by Gasteiger charge is 2.43. The van der Waals surface area contributed by atoms with Crippen molar-refractivity contribution in [3.63, 3.8) is 0 Å². The predicted octanol–water partition coefficient (Wildman–Crippen LogP) is 0.977. The van der Waals surface area contributed by atoms with Gasteiger partial charge in [0.15, 0.2) is 0 Å². The van der Waals surface area contributed by atoms with Crippen LogP contribution in [0, 0.1) is 5.41 Å². The Kier molecular flexibility index (Phi) is 3.30. The predicted molar refractivity (Wildman–Crippen MR) is 74.5 cm³/mol. The van der Waals surface area contributed by atoms with Crippen LogP contribution in [0.3, 0.4) is 0 Å². The molecule has 5 nitrogen and oxygen atoms in total. The van der Waals surface area contributed by atoms with E-state index in [4.69, 9.17) is 0 Å². The minimum Gasteiger partial charge on any atom is -0.356 e. The number of nitrogens with zero attached hydrogens (tertiary/aromatic N) is 1. The van der Waals surface area contributed by atoms with Gasteiger partial charge in [-0.25, -0.2) is 8.42 Å². The molecule has 108 valence electrons. The van der Waals surface area contributed by atoms with E-state index < -0.39 is 10.0 Å². The van der Waals surface area contributed by atoms with Gasteiger partial charge < -0.3 is 5.32 Å². The molecule has 1 spiro atoms. The van der Waals surface area contributed by atoms with Crippen molar-refractivity contribution >= 4 is 15.9 Å². The minimum atomic E-state index is -3.39. The number of piperidine rings is 1. The first-order valence-electron chi connectivity index (χ1n) is 6.84. The van der Waals surface area contributed by atoms with Gasteiger partial charge in [-0.3, -0.25) is 4.79 Å². The van der Waals surface area contributed by atoms with E-state index in [0.29, 0.717) is 31.0 Å². The number of hydrogen-bond acceptors (Lipinski definition) is 3. The van der Waals surface area contributed by atoms with Gasteiger partial charge in [0.25, 0.3) is 0 Å². The molecule has 20 heavy (non-hydrogen) atoms. The second-order valence-electron chi connectivity index (χ2n) is 5.67. The summed E-state index contributed by atoms with van der Waals surface area (Å²) in [6.45, 7) is 1.67. The molecule has 0 radical (unpaired) electrons. The van der Waals surface area contributed by atoms with E-state index in [0.717, 1.165) is 12.8 Å². The van der Waals surface area contributed by atoms with E-state index in [1.54, 1.807) is 30.3 Å². The van der Waals surface area contributed by atoms with Crippen molar-refractivity contribution in [1.82, 2.24) is 9.62 Å². The summed E-state index contributed by atoms with van der Waals surface area (Å²) in [6.07, 6.45) is 2.03. The lowest BCUT2D eigenvalue weighted by molar-refractivity contribution is -0.119. The van der Waals surface area contributed by atoms with Crippen LogP contribution in [0.4, 0.5) is 0 Å². The average Bonchev–Trinajstić information content (AvgIpc) is 2.81. The number of carbonyl (C=O) groups is 1. The first kappa shape index (κ1) is 13.6. The first-order valence-corrected chi connectivity index (χ1v) is 8.28. The van der Waals surface area contributed by atoms with Crippen LogP contribution in [-0.2, 0) is 14.8 Å². The minimum absolute atomic E-state index is 0.0280. The molecule has 1 amide bonds. The van der Waals surface area contributed by atoms with E-state index >= 15 is 0 Å². The Labute approximate surface area is 119 Å². The molecule has 3 rings (SSSR count). The summed E-state index contributed by atoms with van der Waals surface area (Å²) in [7, 11) is -3.39. The molecule has 2 aliphatic heterocycles. The zero-order valence-electron chi connectivity index (χ0n) is 11.2. The van der Waals surface area contributed by atoms with E-state index in [-0.39, 0.29) is 11.3 Å². The molecule has 2 saturated heterocycles. The lowest BCUT2D eigenvalue weighted by Gasteiger charge is -2.37. The molecular weight excluding hydrogens is 276 g/mol. The zero-order chi connectivity index (χ0) is 14.2. The molecular formula is C14H18N2O3S. The number of carbonyl (C=O) groups excluding carboxylic acids is 1. The third-order valence-electron chi connectivity index (χ3n) is 4.36. The largest absolute Gasteiger partial charge is 0.356 e. The van der Waals surface area contributed by atoms with Gasteiger partial charge >= 0.3 is 0 Å². The second kappa shape index (κ2) is 4.86. The van der Waals surface area contributed by atoms with Crippen LogP contribution < -0.4 is 5.32 Å². The van der Waals surface area contributed by atoms with Gasteiger partial charge in [0, 0.05) is 26.1 Å². The molecule has 2 aliphatic rings. The summed E-state index contributed by atoms with van der Waals surface area (Å²) in [5.74, 6) is 0.0874. The summed E-state index contributed by atoms with van der Waals surface area (Å²) in [5, 5.41) is 2.86. The average molecular weight is 294 g/mol. The zero-order valence-corrected chi connectivity index (χ0v) is 12.0. The summed E-state index contributed by atoms with van der Waals surface area (Å²) in [6, 6.07) is 8.52. The number of amides is 1. The van der Waals surface area contributed by atoms with E-state index in [2.05, 4.69) is 5.32 Å². The van der Waals surface area contributed by atoms with Crippen molar-refractivity contribution in [3.05, 3.63) is 30.3 Å². The van der Waals surface area contributed by atoms with Gasteiger partial charge in [0.1, 0.15) is 0 Å². The van der Waals surface area contributed by atoms with Crippen LogP contribution in [0.1, 0.15) is 19.3 Å². The van der Waals surface area contributed by atoms with Crippen LogP contribution in [0.15, 0.2) is 35.2 Å². The first-order chi connectivity index (χ1) is 9.52. The summed E-state index contributed by atoms with van der Waals surface area (Å²) >= 11 is 0. The molecule has 1 aromatic rings. The van der Waals surface area contributed by atoms with Gasteiger partial charge in [-0.05, 0) is 30.4 Å². The summed E-state index contributed by atoms with van der Waals surface area (Å²) < 4.78 is 26.5. The number of sulfonamides is 1. The second-order valence-corrected chi connectivity index (χ2v) is 7.61. The normalized spacial score (nSPS) is 22.9. The Morgan fingerprint density at radius 2 is 1.75 bits per heavy atom.